The molecule has 3 atom stereocenters. The Balaban J connectivity index is 1.73. The summed E-state index contributed by atoms with van der Waals surface area (Å²) in [6, 6.07) is 17.2. The summed E-state index contributed by atoms with van der Waals surface area (Å²) in [7, 11) is 1.73. The Morgan fingerprint density at radius 2 is 1.43 bits per heavy atom. The van der Waals surface area contributed by atoms with Crippen LogP contribution in [0.5, 0.6) is 5.75 Å². The number of benzene rings is 2. The summed E-state index contributed by atoms with van der Waals surface area (Å²) in [6.07, 6.45) is 13.1. The first-order valence-electron chi connectivity index (χ1n) is 14.7. The van der Waals surface area contributed by atoms with Gasteiger partial charge in [-0.15, -0.1) is 0 Å². The van der Waals surface area contributed by atoms with E-state index in [1.807, 2.05) is 6.92 Å². The summed E-state index contributed by atoms with van der Waals surface area (Å²) < 4.78 is 6.95. The molecule has 208 valence electrons. The van der Waals surface area contributed by atoms with Crippen molar-refractivity contribution in [3.63, 3.8) is 0 Å². The Bertz CT molecular complexity index is 861. The molecule has 2 nitrogen and oxygen atoms in total. The predicted molar refractivity (Wildman–Crippen MR) is 162 cm³/mol. The number of methoxy groups -OCH3 is 1. The standard InChI is InChI=1S/C34H54O2Se/c1-27(2)13-10-14-28(3)15-11-16-29(4)17-12-23-34(5,35)24-22-31-25-32(36-6)20-21-33(31)37-26-30-18-8-7-9-19-30/h7-9,18-21,25,27-29,35H,10-17,22-24,26H2,1-6H3. The summed E-state index contributed by atoms with van der Waals surface area (Å²) in [5.41, 5.74) is 2.12. The van der Waals surface area contributed by atoms with E-state index in [0.717, 1.165) is 54.5 Å². The van der Waals surface area contributed by atoms with Crippen LogP contribution in [0.2, 0.25) is 0 Å². The molecule has 0 radical (unpaired) electrons. The second-order valence-electron chi connectivity index (χ2n) is 12.1. The Morgan fingerprint density at radius 3 is 2.05 bits per heavy atom. The second-order valence-corrected chi connectivity index (χ2v) is 14.2. The van der Waals surface area contributed by atoms with Gasteiger partial charge in [-0.2, -0.15) is 0 Å². The van der Waals surface area contributed by atoms with Gasteiger partial charge >= 0.3 is 184 Å². The van der Waals surface area contributed by atoms with E-state index in [9.17, 15) is 5.11 Å². The van der Waals surface area contributed by atoms with Crippen molar-refractivity contribution in [3.05, 3.63) is 59.7 Å². The first-order chi connectivity index (χ1) is 17.7. The summed E-state index contributed by atoms with van der Waals surface area (Å²) in [5.74, 6) is 3.37. The number of aliphatic hydroxyl groups is 1. The third-order valence-electron chi connectivity index (χ3n) is 7.72. The van der Waals surface area contributed by atoms with Crippen LogP contribution in [0.25, 0.3) is 0 Å². The molecule has 37 heavy (non-hydrogen) atoms. The van der Waals surface area contributed by atoms with E-state index >= 15 is 0 Å². The fourth-order valence-electron chi connectivity index (χ4n) is 5.09. The first-order valence-corrected chi connectivity index (χ1v) is 16.8. The topological polar surface area (TPSA) is 29.5 Å². The van der Waals surface area contributed by atoms with Crippen molar-refractivity contribution in [1.29, 1.82) is 0 Å². The molecule has 0 aliphatic rings. The van der Waals surface area contributed by atoms with Gasteiger partial charge in [0.05, 0.1) is 0 Å². The Morgan fingerprint density at radius 1 is 0.811 bits per heavy atom. The van der Waals surface area contributed by atoms with Crippen LogP contribution >= 0.6 is 0 Å². The minimum atomic E-state index is -0.614. The molecule has 0 aromatic heterocycles. The van der Waals surface area contributed by atoms with Crippen LogP contribution in [0.1, 0.15) is 110 Å². The molecular weight excluding hydrogens is 519 g/mol. The Labute approximate surface area is 235 Å². The summed E-state index contributed by atoms with van der Waals surface area (Å²) in [6.45, 7) is 11.5. The fraction of sp³-hybridized carbons (Fsp3) is 0.647. The molecule has 0 heterocycles. The number of rotatable bonds is 19. The molecule has 2 rings (SSSR count). The Hall–Kier alpha value is -1.28. The molecule has 2 aromatic rings. The van der Waals surface area contributed by atoms with Crippen LogP contribution in [-0.2, 0) is 11.7 Å². The monoisotopic (exact) mass is 574 g/mol. The van der Waals surface area contributed by atoms with Gasteiger partial charge in [-0.05, 0) is 11.8 Å². The van der Waals surface area contributed by atoms with Gasteiger partial charge in [-0.1, -0.05) is 40.0 Å². The van der Waals surface area contributed by atoms with E-state index in [1.54, 1.807) is 7.11 Å². The summed E-state index contributed by atoms with van der Waals surface area (Å²) >= 11 is 0.371. The summed E-state index contributed by atoms with van der Waals surface area (Å²) in [4.78, 5) is 0. The van der Waals surface area contributed by atoms with E-state index in [0.29, 0.717) is 15.0 Å². The van der Waals surface area contributed by atoms with Crippen LogP contribution < -0.4 is 9.20 Å². The molecule has 0 aliphatic carbocycles. The van der Waals surface area contributed by atoms with Crippen LogP contribution in [0.3, 0.4) is 0 Å². The molecule has 0 fully saturated rings. The SMILES string of the molecule is COc1ccc([Se]Cc2ccccc2)c(CCC(C)(O)CCCC(C)CCCC(C)CCCC(C)C)c1. The van der Waals surface area contributed by atoms with Crippen LogP contribution in [-0.4, -0.2) is 32.8 Å². The van der Waals surface area contributed by atoms with Crippen LogP contribution in [0, 0.1) is 17.8 Å². The van der Waals surface area contributed by atoms with E-state index in [1.165, 1.54) is 60.5 Å². The second kappa shape index (κ2) is 17.3. The fourth-order valence-corrected chi connectivity index (χ4v) is 7.24. The van der Waals surface area contributed by atoms with Crippen molar-refractivity contribution < 1.29 is 9.84 Å². The molecule has 3 unspecified atom stereocenters. The van der Waals surface area contributed by atoms with Gasteiger partial charge in [-0.3, -0.25) is 0 Å². The zero-order valence-electron chi connectivity index (χ0n) is 24.6. The molecule has 0 saturated carbocycles. The zero-order valence-corrected chi connectivity index (χ0v) is 26.3. The van der Waals surface area contributed by atoms with E-state index in [4.69, 9.17) is 4.74 Å². The van der Waals surface area contributed by atoms with Crippen LogP contribution in [0.15, 0.2) is 48.5 Å². The van der Waals surface area contributed by atoms with Gasteiger partial charge in [0.15, 0.2) is 0 Å². The molecule has 0 spiro atoms. The maximum atomic E-state index is 11.2. The van der Waals surface area contributed by atoms with Crippen molar-refractivity contribution in [3.8, 4) is 5.75 Å². The number of ether oxygens (including phenoxy) is 1. The van der Waals surface area contributed by atoms with Crippen molar-refractivity contribution in [2.45, 2.75) is 116 Å². The van der Waals surface area contributed by atoms with Gasteiger partial charge in [0.2, 0.25) is 0 Å². The van der Waals surface area contributed by atoms with E-state index in [-0.39, 0.29) is 0 Å². The predicted octanol–water partition coefficient (Wildman–Crippen LogP) is 8.35. The summed E-state index contributed by atoms with van der Waals surface area (Å²) in [5, 5.41) is 12.3. The molecule has 0 bridgehead atoms. The van der Waals surface area contributed by atoms with E-state index in [2.05, 4.69) is 76.2 Å². The molecule has 1 N–H and O–H groups in total. The average Bonchev–Trinajstić information content (AvgIpc) is 2.86. The maximum absolute atomic E-state index is 11.2. The molecule has 3 heteroatoms. The third kappa shape index (κ3) is 13.9. The van der Waals surface area contributed by atoms with E-state index < -0.39 is 5.60 Å². The van der Waals surface area contributed by atoms with Crippen molar-refractivity contribution in [2.75, 3.05) is 7.11 Å². The molecule has 0 amide bonds. The number of hydrogen-bond donors (Lipinski definition) is 1. The number of hydrogen-bond acceptors (Lipinski definition) is 2. The Kier molecular flexibility index (Phi) is 15.0. The third-order valence-corrected chi connectivity index (χ3v) is 10.2. The van der Waals surface area contributed by atoms with Crippen LogP contribution in [0.4, 0.5) is 0 Å². The average molecular weight is 574 g/mol. The normalized spacial score (nSPS) is 14.9. The molecule has 0 saturated heterocycles. The molecule has 0 aliphatic heterocycles. The first kappa shape index (κ1) is 31.9. The van der Waals surface area contributed by atoms with Gasteiger partial charge in [-0.25, -0.2) is 0 Å². The molecule has 2 aromatic carbocycles. The number of aryl methyl sites for hydroxylation is 1. The molecular formula is C34H54O2Se. The quantitative estimate of drug-likeness (QED) is 0.171. The minimum absolute atomic E-state index is 0.371. The van der Waals surface area contributed by atoms with Crippen molar-refractivity contribution >= 4 is 19.4 Å². The van der Waals surface area contributed by atoms with Crippen molar-refractivity contribution in [2.24, 2.45) is 17.8 Å². The van der Waals surface area contributed by atoms with Gasteiger partial charge in [0, 0.05) is 0 Å². The van der Waals surface area contributed by atoms with Crippen molar-refractivity contribution in [1.82, 2.24) is 0 Å². The van der Waals surface area contributed by atoms with Gasteiger partial charge < -0.3 is 0 Å². The zero-order chi connectivity index (χ0) is 27.1. The van der Waals surface area contributed by atoms with Gasteiger partial charge in [0.25, 0.3) is 0 Å². The van der Waals surface area contributed by atoms with Gasteiger partial charge in [0.1, 0.15) is 0 Å².